The number of ether oxygens (including phenoxy) is 1. The largest absolute Gasteiger partial charge is 0.496 e. The first-order chi connectivity index (χ1) is 14.0. The summed E-state index contributed by atoms with van der Waals surface area (Å²) in [5.74, 6) is 1.51. The molecule has 0 bridgehead atoms. The fourth-order valence-electron chi connectivity index (χ4n) is 3.45. The van der Waals surface area contributed by atoms with Crippen molar-refractivity contribution < 1.29 is 17.7 Å². The van der Waals surface area contributed by atoms with Crippen LogP contribution in [0.5, 0.6) is 5.75 Å². The predicted octanol–water partition coefficient (Wildman–Crippen LogP) is 3.97. The summed E-state index contributed by atoms with van der Waals surface area (Å²) in [6, 6.07) is 13.7. The number of benzene rings is 2. The van der Waals surface area contributed by atoms with E-state index in [0.717, 1.165) is 0 Å². The first kappa shape index (κ1) is 19.9. The molecule has 9 heteroatoms. The van der Waals surface area contributed by atoms with Crippen molar-refractivity contribution >= 4 is 21.6 Å². The van der Waals surface area contributed by atoms with E-state index in [0.29, 0.717) is 58.9 Å². The minimum atomic E-state index is -3.48. The summed E-state index contributed by atoms with van der Waals surface area (Å²) in [5.41, 5.74) is 0.652. The minimum Gasteiger partial charge on any atom is -0.496 e. The highest BCUT2D eigenvalue weighted by Gasteiger charge is 2.32. The molecule has 2 aromatic carbocycles. The Morgan fingerprint density at radius 1 is 1.14 bits per heavy atom. The van der Waals surface area contributed by atoms with E-state index < -0.39 is 10.0 Å². The van der Waals surface area contributed by atoms with Crippen LogP contribution in [0.15, 0.2) is 57.9 Å². The Hall–Kier alpha value is -2.42. The maximum Gasteiger partial charge on any atom is 0.243 e. The molecule has 7 nitrogen and oxygen atoms in total. The Bertz CT molecular complexity index is 1090. The number of hydrogen-bond acceptors (Lipinski definition) is 6. The standard InChI is InChI=1S/C20H20ClN3O4S/c1-27-18-8-7-15(21)13-17(18)19-22-20(28-23-19)14-9-11-24(12-10-14)29(25,26)16-5-3-2-4-6-16/h2-8,13-14H,9-12H2,1H3. The molecule has 0 atom stereocenters. The highest BCUT2D eigenvalue weighted by molar-refractivity contribution is 7.89. The van der Waals surface area contributed by atoms with E-state index in [9.17, 15) is 8.42 Å². The number of piperidine rings is 1. The quantitative estimate of drug-likeness (QED) is 0.605. The molecule has 152 valence electrons. The van der Waals surface area contributed by atoms with Gasteiger partial charge in [-0.2, -0.15) is 9.29 Å². The van der Waals surface area contributed by atoms with Gasteiger partial charge in [0.15, 0.2) is 0 Å². The van der Waals surface area contributed by atoms with Crippen LogP contribution in [0.25, 0.3) is 11.4 Å². The Morgan fingerprint density at radius 2 is 1.86 bits per heavy atom. The van der Waals surface area contributed by atoms with E-state index in [-0.39, 0.29) is 5.92 Å². The third kappa shape index (κ3) is 4.01. The topological polar surface area (TPSA) is 85.5 Å². The first-order valence-corrected chi connectivity index (χ1v) is 11.0. The van der Waals surface area contributed by atoms with E-state index in [1.165, 1.54) is 4.31 Å². The Morgan fingerprint density at radius 3 is 2.55 bits per heavy atom. The molecule has 29 heavy (non-hydrogen) atoms. The van der Waals surface area contributed by atoms with E-state index in [2.05, 4.69) is 10.1 Å². The van der Waals surface area contributed by atoms with Gasteiger partial charge in [-0.3, -0.25) is 0 Å². The fourth-order valence-corrected chi connectivity index (χ4v) is 5.11. The number of aromatic nitrogens is 2. The van der Waals surface area contributed by atoms with Crippen molar-refractivity contribution in [1.29, 1.82) is 0 Å². The summed E-state index contributed by atoms with van der Waals surface area (Å²) in [7, 11) is -1.92. The van der Waals surface area contributed by atoms with Gasteiger partial charge in [0.05, 0.1) is 17.6 Å². The molecule has 1 aliphatic rings. The molecule has 0 saturated carbocycles. The summed E-state index contributed by atoms with van der Waals surface area (Å²) >= 11 is 6.08. The second kappa shape index (κ2) is 8.14. The second-order valence-corrected chi connectivity index (χ2v) is 9.17. The average molecular weight is 434 g/mol. The van der Waals surface area contributed by atoms with Gasteiger partial charge < -0.3 is 9.26 Å². The molecule has 4 rings (SSSR count). The number of rotatable bonds is 5. The van der Waals surface area contributed by atoms with Gasteiger partial charge in [-0.15, -0.1) is 0 Å². The molecule has 0 spiro atoms. The normalized spacial score (nSPS) is 16.1. The zero-order valence-electron chi connectivity index (χ0n) is 15.8. The second-order valence-electron chi connectivity index (χ2n) is 6.79. The third-order valence-corrected chi connectivity index (χ3v) is 7.18. The van der Waals surface area contributed by atoms with Crippen molar-refractivity contribution in [2.75, 3.05) is 20.2 Å². The molecule has 0 radical (unpaired) electrons. The zero-order valence-corrected chi connectivity index (χ0v) is 17.4. The number of sulfonamides is 1. The van der Waals surface area contributed by atoms with Crippen molar-refractivity contribution in [2.45, 2.75) is 23.7 Å². The Labute approximate surface area is 174 Å². The van der Waals surface area contributed by atoms with Gasteiger partial charge in [0, 0.05) is 24.0 Å². The lowest BCUT2D eigenvalue weighted by Crippen LogP contribution is -2.37. The van der Waals surface area contributed by atoms with Crippen LogP contribution in [0.1, 0.15) is 24.7 Å². The Balaban J connectivity index is 1.49. The summed E-state index contributed by atoms with van der Waals surface area (Å²) in [6.45, 7) is 0.806. The molecule has 0 N–H and O–H groups in total. The SMILES string of the molecule is COc1ccc(Cl)cc1-c1noc(C2CCN(S(=O)(=O)c3ccccc3)CC2)n1. The maximum absolute atomic E-state index is 12.8. The lowest BCUT2D eigenvalue weighted by atomic mass is 9.98. The molecule has 2 heterocycles. The number of hydrogen-bond donors (Lipinski definition) is 0. The first-order valence-electron chi connectivity index (χ1n) is 9.22. The average Bonchev–Trinajstić information content (AvgIpc) is 3.24. The molecule has 1 saturated heterocycles. The van der Waals surface area contributed by atoms with E-state index in [1.54, 1.807) is 55.6 Å². The maximum atomic E-state index is 12.8. The lowest BCUT2D eigenvalue weighted by Gasteiger charge is -2.29. The Kier molecular flexibility index (Phi) is 5.58. The summed E-state index contributed by atoms with van der Waals surface area (Å²) in [6.07, 6.45) is 1.22. The van der Waals surface area contributed by atoms with Crippen LogP contribution in [0.2, 0.25) is 5.02 Å². The van der Waals surface area contributed by atoms with Gasteiger partial charge in [-0.25, -0.2) is 8.42 Å². The summed E-state index contributed by atoms with van der Waals surface area (Å²) in [4.78, 5) is 4.83. The fraction of sp³-hybridized carbons (Fsp3) is 0.300. The lowest BCUT2D eigenvalue weighted by molar-refractivity contribution is 0.270. The summed E-state index contributed by atoms with van der Waals surface area (Å²) in [5, 5.41) is 4.62. The number of halogens is 1. The zero-order chi connectivity index (χ0) is 20.4. The van der Waals surface area contributed by atoms with Crippen LogP contribution in [0.3, 0.4) is 0 Å². The van der Waals surface area contributed by atoms with Crippen LogP contribution < -0.4 is 4.74 Å². The molecule has 0 unspecified atom stereocenters. The minimum absolute atomic E-state index is 0.00338. The van der Waals surface area contributed by atoms with Crippen LogP contribution in [-0.4, -0.2) is 43.1 Å². The van der Waals surface area contributed by atoms with Gasteiger partial charge in [-0.05, 0) is 43.2 Å². The molecule has 0 amide bonds. The number of nitrogens with zero attached hydrogens (tertiary/aromatic N) is 3. The molecule has 0 aliphatic carbocycles. The van der Waals surface area contributed by atoms with Gasteiger partial charge in [0.1, 0.15) is 5.75 Å². The van der Waals surface area contributed by atoms with Crippen molar-refractivity contribution in [3.8, 4) is 17.1 Å². The van der Waals surface area contributed by atoms with E-state index >= 15 is 0 Å². The van der Waals surface area contributed by atoms with Crippen LogP contribution in [-0.2, 0) is 10.0 Å². The van der Waals surface area contributed by atoms with Gasteiger partial charge in [0.2, 0.25) is 21.7 Å². The smallest absolute Gasteiger partial charge is 0.243 e. The third-order valence-electron chi connectivity index (χ3n) is 5.03. The molecular formula is C20H20ClN3O4S. The van der Waals surface area contributed by atoms with Crippen molar-refractivity contribution in [3.63, 3.8) is 0 Å². The van der Waals surface area contributed by atoms with Gasteiger partial charge >= 0.3 is 0 Å². The number of methoxy groups -OCH3 is 1. The van der Waals surface area contributed by atoms with E-state index in [1.807, 2.05) is 0 Å². The highest BCUT2D eigenvalue weighted by Crippen LogP contribution is 2.34. The summed E-state index contributed by atoms with van der Waals surface area (Å²) < 4.78 is 37.9. The van der Waals surface area contributed by atoms with Crippen molar-refractivity contribution in [3.05, 3.63) is 59.4 Å². The molecule has 1 aliphatic heterocycles. The molecule has 1 fully saturated rings. The van der Waals surface area contributed by atoms with Crippen LogP contribution >= 0.6 is 11.6 Å². The predicted molar refractivity (Wildman–Crippen MR) is 108 cm³/mol. The van der Waals surface area contributed by atoms with Crippen molar-refractivity contribution in [2.24, 2.45) is 0 Å². The monoisotopic (exact) mass is 433 g/mol. The van der Waals surface area contributed by atoms with Gasteiger partial charge in [-0.1, -0.05) is 35.0 Å². The van der Waals surface area contributed by atoms with Gasteiger partial charge in [0.25, 0.3) is 0 Å². The van der Waals surface area contributed by atoms with Crippen molar-refractivity contribution in [1.82, 2.24) is 14.4 Å². The van der Waals surface area contributed by atoms with Crippen LogP contribution in [0.4, 0.5) is 0 Å². The van der Waals surface area contributed by atoms with E-state index in [4.69, 9.17) is 20.9 Å². The molecule has 1 aromatic heterocycles. The van der Waals surface area contributed by atoms with Crippen LogP contribution in [0, 0.1) is 0 Å². The molecule has 3 aromatic rings. The highest BCUT2D eigenvalue weighted by atomic mass is 35.5. The molecular weight excluding hydrogens is 414 g/mol.